The van der Waals surface area contributed by atoms with Crippen molar-refractivity contribution < 1.29 is 99.8 Å². The Morgan fingerprint density at radius 2 is 1.21 bits per heavy atom. The van der Waals surface area contributed by atoms with Crippen molar-refractivity contribution in [2.75, 3.05) is 19.7 Å². The maximum Gasteiger partial charge on any atom is 0.408 e. The summed E-state index contributed by atoms with van der Waals surface area (Å²) < 4.78 is 16.0. The van der Waals surface area contributed by atoms with Crippen molar-refractivity contribution in [3.05, 3.63) is 30.7 Å². The number of fused-ring (bicyclic) bond motifs is 4. The van der Waals surface area contributed by atoms with Gasteiger partial charge in [0, 0.05) is 60.5 Å². The third-order valence-corrected chi connectivity index (χ3v) is 13.0. The Morgan fingerprint density at radius 3 is 1.71 bits per heavy atom. The number of aliphatic carboxylic acids is 1. The summed E-state index contributed by atoms with van der Waals surface area (Å²) in [6.07, 6.45) is 17.7. The monoisotopic (exact) mass is 1320 g/mol. The van der Waals surface area contributed by atoms with Crippen molar-refractivity contribution in [2.45, 2.75) is 199 Å². The Labute approximate surface area is 443 Å². The van der Waals surface area contributed by atoms with Crippen LogP contribution >= 0.6 is 0 Å². The van der Waals surface area contributed by atoms with Crippen molar-refractivity contribution in [3.63, 3.8) is 0 Å². The number of carbonyl (C=O) groups is 8. The summed E-state index contributed by atoms with van der Waals surface area (Å²) in [5.74, 6) is -3.20. The van der Waals surface area contributed by atoms with Crippen LogP contribution < -0.4 is 21.3 Å². The molecule has 2 saturated carbocycles. The molecule has 6 aliphatic rings. The molecule has 0 aromatic rings. The maximum absolute atomic E-state index is 13.6. The first-order chi connectivity index (χ1) is 31.5. The van der Waals surface area contributed by atoms with Crippen molar-refractivity contribution >= 4 is 47.8 Å². The molecule has 394 valence electrons. The molecule has 6 amide bonds. The molecule has 9 atom stereocenters. The van der Waals surface area contributed by atoms with Crippen LogP contribution in [-0.2, 0) is 85.1 Å². The minimum Gasteiger partial charge on any atom is -0.479 e. The fourth-order valence-electron chi connectivity index (χ4n) is 9.35. The van der Waals surface area contributed by atoms with Crippen LogP contribution in [0.3, 0.4) is 0 Å². The second-order valence-corrected chi connectivity index (χ2v) is 21.0. The molecule has 0 aromatic carbocycles. The predicted molar refractivity (Wildman–Crippen MR) is 253 cm³/mol. The molecule has 20 heteroatoms. The minimum atomic E-state index is -1.31. The Morgan fingerprint density at radius 1 is 0.743 bits per heavy atom. The number of nitrogens with one attached hydrogen (secondary N) is 4. The molecule has 0 bridgehead atoms. The van der Waals surface area contributed by atoms with E-state index in [-0.39, 0.29) is 98.2 Å². The van der Waals surface area contributed by atoms with E-state index in [4.69, 9.17) is 14.2 Å². The molecule has 4 aliphatic heterocycles. The quantitative estimate of drug-likeness (QED) is 0.0941. The van der Waals surface area contributed by atoms with E-state index in [2.05, 4.69) is 27.3 Å². The van der Waals surface area contributed by atoms with Crippen LogP contribution in [-0.4, -0.2) is 129 Å². The summed E-state index contributed by atoms with van der Waals surface area (Å²) in [5, 5.41) is 20.8. The molecule has 70 heavy (non-hydrogen) atoms. The van der Waals surface area contributed by atoms with E-state index < -0.39 is 76.5 Å². The second-order valence-electron chi connectivity index (χ2n) is 21.0. The summed E-state index contributed by atoms with van der Waals surface area (Å²) in [6.45, 7) is 15.2. The predicted octanol–water partition coefficient (Wildman–Crippen LogP) is 5.87. The number of ether oxygens (including phenoxy) is 3. The number of amides is 6. The molecule has 0 radical (unpaired) electrons. The third-order valence-electron chi connectivity index (χ3n) is 13.0. The van der Waals surface area contributed by atoms with Gasteiger partial charge < -0.3 is 56.8 Å². The third kappa shape index (κ3) is 16.9. The van der Waals surface area contributed by atoms with Gasteiger partial charge in [-0.2, -0.15) is 0 Å². The maximum atomic E-state index is 13.6. The van der Waals surface area contributed by atoms with Gasteiger partial charge in [-0.1, -0.05) is 64.3 Å². The van der Waals surface area contributed by atoms with Crippen LogP contribution in [0.15, 0.2) is 24.3 Å². The zero-order chi connectivity index (χ0) is 49.3. The Balaban J connectivity index is 0.000000462. The van der Waals surface area contributed by atoms with E-state index in [1.807, 2.05) is 31.6 Å². The average Bonchev–Trinajstić information content (AvgIpc) is 3.96. The zero-order valence-electron chi connectivity index (χ0n) is 41.6. The minimum absolute atomic E-state index is 0. The summed E-state index contributed by atoms with van der Waals surface area (Å²) >= 11 is 0. The van der Waals surface area contributed by atoms with E-state index in [1.54, 1.807) is 53.4 Å². The van der Waals surface area contributed by atoms with Gasteiger partial charge in [0.15, 0.2) is 0 Å². The van der Waals surface area contributed by atoms with Crippen molar-refractivity contribution in [2.24, 2.45) is 17.8 Å². The first kappa shape index (κ1) is 62.3. The Kier molecular flexibility index (Phi) is 23.8. The van der Waals surface area contributed by atoms with E-state index >= 15 is 0 Å². The summed E-state index contributed by atoms with van der Waals surface area (Å²) in [6, 6.07) is -3.09. The molecule has 18 nitrogen and oxygen atoms in total. The first-order valence-electron chi connectivity index (χ1n) is 24.3. The Hall–Kier alpha value is -3.78. The van der Waals surface area contributed by atoms with Crippen LogP contribution in [0.25, 0.3) is 0 Å². The molecular weight excluding hydrogens is 1240 g/mol. The van der Waals surface area contributed by atoms with Gasteiger partial charge in [0.2, 0.25) is 23.6 Å². The van der Waals surface area contributed by atoms with Crippen LogP contribution in [0.2, 0.25) is 0 Å². The van der Waals surface area contributed by atoms with Gasteiger partial charge in [0.05, 0.1) is 12.6 Å². The van der Waals surface area contributed by atoms with E-state index in [1.165, 1.54) is 4.90 Å². The number of hydrogen-bond donors (Lipinski definition) is 5. The van der Waals surface area contributed by atoms with Gasteiger partial charge in [0.25, 0.3) is 0 Å². The number of carboxylic acids is 1. The molecule has 5 N–H and O–H groups in total. The zero-order valence-corrected chi connectivity index (χ0v) is 47.5. The molecule has 0 unspecified atom stereocenters. The van der Waals surface area contributed by atoms with Gasteiger partial charge in [-0.05, 0) is 112 Å². The molecule has 0 spiro atoms. The van der Waals surface area contributed by atoms with Crippen molar-refractivity contribution in [3.8, 4) is 0 Å². The standard InChI is InChI=1S/C26H41N3O6.C23H34N3O6.CH4.2W/c1-6-34-23(32)26-15-18(26)12-10-8-7-9-11-13-19(27-24(33)35-25(3,4)5)22(31)29-16-17(2)14-20(29)21(30)28-26;1-22(2,3)32-21(31)24-16-11-8-6-4-5-7-10-15-14-23(15,20(29)30)25-18(27)17-12-9-13-26(17)19(16)28;;;/h10,12,17-20H,6-9,11,13-16H2,1-5H3,(H,27,33)(H,28,30);7,9-10,15-17H,4-6,8,11-14H2,1-3H3,(H,24,31)(H,25,27)(H,29,30);1H4;;/q;-1;;;/b12-10-;10-7-;;;/t17-,18+,19-,20-,26+;15-,16+,17+,23-;;;/m01.../s1. The number of carbonyl (C=O) groups excluding carboxylic acids is 7. The van der Waals surface area contributed by atoms with Gasteiger partial charge in [-0.25, -0.2) is 19.2 Å². The van der Waals surface area contributed by atoms with E-state index in [0.717, 1.165) is 51.4 Å². The second kappa shape index (κ2) is 26.8. The van der Waals surface area contributed by atoms with Gasteiger partial charge in [0.1, 0.15) is 40.4 Å². The van der Waals surface area contributed by atoms with Crippen molar-refractivity contribution in [1.29, 1.82) is 0 Å². The fourth-order valence-corrected chi connectivity index (χ4v) is 9.35. The topological polar surface area (TPSA) is 239 Å². The smallest absolute Gasteiger partial charge is 0.408 e. The fraction of sp³-hybridized carbons (Fsp3) is 0.740. The molecule has 2 saturated heterocycles. The number of allylic oxidation sites excluding steroid dienone is 2. The van der Waals surface area contributed by atoms with Crippen molar-refractivity contribution in [1.82, 2.24) is 31.1 Å². The van der Waals surface area contributed by atoms with Crippen LogP contribution in [0, 0.1) is 24.2 Å². The number of hydrogen-bond acceptors (Lipinski definition) is 11. The molecule has 0 aromatic heterocycles. The average molecular weight is 1320 g/mol. The normalized spacial score (nSPS) is 31.2. The van der Waals surface area contributed by atoms with Crippen LogP contribution in [0.1, 0.15) is 153 Å². The van der Waals surface area contributed by atoms with E-state index in [0.29, 0.717) is 45.1 Å². The summed E-state index contributed by atoms with van der Waals surface area (Å²) in [7, 11) is 0. The molecule has 2 aliphatic carbocycles. The number of rotatable bonds is 5. The SMILES string of the molecule is C.CC(C)(C)OC(=O)N[C@H]1CCCCC/C=C\[C@@H]2C[C@@]2(C(=O)O)NC(=O)[C@@H]2C[CH-]CN2C1=O.CCOC(=O)[C@@]12C[C@H]1/C=C\CCCCC[C@H](NC(=O)OC(C)(C)C)C(=O)N1C[C@@H](C)C[C@H]1C(=O)N2.[W].[W]. The molecular formula is C50H79N6O12W2-. The molecule has 4 fully saturated rings. The van der Waals surface area contributed by atoms with Crippen LogP contribution in [0.5, 0.6) is 0 Å². The van der Waals surface area contributed by atoms with E-state index in [9.17, 15) is 43.5 Å². The summed E-state index contributed by atoms with van der Waals surface area (Å²) in [4.78, 5) is 106. The first-order valence-corrected chi connectivity index (χ1v) is 24.3. The van der Waals surface area contributed by atoms with Crippen LogP contribution in [0.4, 0.5) is 9.59 Å². The molecule has 6 rings (SSSR count). The van der Waals surface area contributed by atoms with Gasteiger partial charge in [-0.15, -0.1) is 13.0 Å². The van der Waals surface area contributed by atoms with Gasteiger partial charge >= 0.3 is 24.1 Å². The largest absolute Gasteiger partial charge is 0.479 e. The van der Waals surface area contributed by atoms with Gasteiger partial charge in [-0.3, -0.25) is 19.2 Å². The number of carboxylic acid groups (broad SMARTS) is 1. The molecule has 4 heterocycles. The number of esters is 1. The Bertz CT molecular complexity index is 1920. The number of nitrogens with zero attached hydrogens (tertiary/aromatic N) is 2. The summed E-state index contributed by atoms with van der Waals surface area (Å²) in [5.41, 5.74) is -3.77. The number of alkyl carbamates (subject to hydrolysis) is 2.